The lowest BCUT2D eigenvalue weighted by Gasteiger charge is -2.33. The van der Waals surface area contributed by atoms with Crippen molar-refractivity contribution in [3.8, 4) is 0 Å². The standard InChI is InChI=1S/C18H23N5O/c1-22-9-11-23(12-10-22)17-5-4-16(14-21-17)18(24)20-8-6-15-3-2-7-19-13-15/h2-5,7,13-14H,6,8-12H2,1H3,(H,20,24). The van der Waals surface area contributed by atoms with Crippen LogP contribution in [0.15, 0.2) is 42.9 Å². The lowest BCUT2D eigenvalue weighted by molar-refractivity contribution is 0.0954. The van der Waals surface area contributed by atoms with Crippen molar-refractivity contribution in [2.24, 2.45) is 0 Å². The number of hydrogen-bond donors (Lipinski definition) is 1. The van der Waals surface area contributed by atoms with E-state index < -0.39 is 0 Å². The normalized spacial score (nSPS) is 15.3. The Morgan fingerprint density at radius 2 is 2.00 bits per heavy atom. The van der Waals surface area contributed by atoms with Crippen LogP contribution >= 0.6 is 0 Å². The van der Waals surface area contributed by atoms with Gasteiger partial charge in [0.05, 0.1) is 5.56 Å². The van der Waals surface area contributed by atoms with Gasteiger partial charge in [-0.3, -0.25) is 9.78 Å². The van der Waals surface area contributed by atoms with Gasteiger partial charge in [0.15, 0.2) is 0 Å². The highest BCUT2D eigenvalue weighted by Gasteiger charge is 2.15. The van der Waals surface area contributed by atoms with E-state index in [1.54, 1.807) is 12.4 Å². The summed E-state index contributed by atoms with van der Waals surface area (Å²) < 4.78 is 0. The Labute approximate surface area is 142 Å². The first-order chi connectivity index (χ1) is 11.7. The smallest absolute Gasteiger partial charge is 0.252 e. The second-order valence-electron chi connectivity index (χ2n) is 6.06. The molecule has 2 aromatic rings. The van der Waals surface area contributed by atoms with Crippen LogP contribution in [0.1, 0.15) is 15.9 Å². The number of nitrogens with zero attached hydrogens (tertiary/aromatic N) is 4. The molecule has 0 bridgehead atoms. The predicted octanol–water partition coefficient (Wildman–Crippen LogP) is 1.20. The van der Waals surface area contributed by atoms with Crippen LogP contribution in [0, 0.1) is 0 Å². The van der Waals surface area contributed by atoms with Gasteiger partial charge in [0.1, 0.15) is 5.82 Å². The lowest BCUT2D eigenvalue weighted by Crippen LogP contribution is -2.44. The molecule has 0 aromatic carbocycles. The SMILES string of the molecule is CN1CCN(c2ccc(C(=O)NCCc3cccnc3)cn2)CC1. The number of rotatable bonds is 5. The van der Waals surface area contributed by atoms with E-state index >= 15 is 0 Å². The number of aromatic nitrogens is 2. The summed E-state index contributed by atoms with van der Waals surface area (Å²) in [4.78, 5) is 25.3. The van der Waals surface area contributed by atoms with E-state index in [1.165, 1.54) is 0 Å². The Kier molecular flexibility index (Phi) is 5.38. The van der Waals surface area contributed by atoms with E-state index in [0.717, 1.165) is 44.0 Å². The van der Waals surface area contributed by atoms with Crippen molar-refractivity contribution in [3.05, 3.63) is 54.0 Å². The molecule has 6 nitrogen and oxygen atoms in total. The summed E-state index contributed by atoms with van der Waals surface area (Å²) in [7, 11) is 2.13. The molecule has 1 fully saturated rings. The van der Waals surface area contributed by atoms with E-state index in [-0.39, 0.29) is 5.91 Å². The van der Waals surface area contributed by atoms with E-state index in [0.29, 0.717) is 12.1 Å². The Morgan fingerprint density at radius 1 is 1.17 bits per heavy atom. The van der Waals surface area contributed by atoms with Crippen molar-refractivity contribution in [2.45, 2.75) is 6.42 Å². The Hall–Kier alpha value is -2.47. The van der Waals surface area contributed by atoms with E-state index in [9.17, 15) is 4.79 Å². The molecule has 0 saturated carbocycles. The van der Waals surface area contributed by atoms with Crippen LogP contribution in [-0.4, -0.2) is 60.5 Å². The molecule has 2 aromatic heterocycles. The molecule has 1 amide bonds. The minimum absolute atomic E-state index is 0.0867. The molecule has 0 atom stereocenters. The fourth-order valence-electron chi connectivity index (χ4n) is 2.71. The molecule has 1 aliphatic rings. The van der Waals surface area contributed by atoms with Crippen LogP contribution in [0.5, 0.6) is 0 Å². The maximum absolute atomic E-state index is 12.2. The van der Waals surface area contributed by atoms with Crippen molar-refractivity contribution in [1.29, 1.82) is 0 Å². The maximum Gasteiger partial charge on any atom is 0.252 e. The monoisotopic (exact) mass is 325 g/mol. The maximum atomic E-state index is 12.2. The largest absolute Gasteiger partial charge is 0.354 e. The van der Waals surface area contributed by atoms with E-state index in [2.05, 4.69) is 32.1 Å². The number of pyridine rings is 2. The molecule has 0 radical (unpaired) electrons. The molecule has 0 spiro atoms. The van der Waals surface area contributed by atoms with E-state index in [1.807, 2.05) is 30.5 Å². The molecule has 1 aliphatic heterocycles. The third-order valence-electron chi connectivity index (χ3n) is 4.26. The highest BCUT2D eigenvalue weighted by atomic mass is 16.1. The fraction of sp³-hybridized carbons (Fsp3) is 0.389. The summed E-state index contributed by atoms with van der Waals surface area (Å²) in [5.74, 6) is 0.853. The average molecular weight is 325 g/mol. The van der Waals surface area contributed by atoms with Crippen LogP contribution in [-0.2, 0) is 6.42 Å². The number of carbonyl (C=O) groups is 1. The molecule has 1 saturated heterocycles. The van der Waals surface area contributed by atoms with Crippen LogP contribution in [0.2, 0.25) is 0 Å². The minimum atomic E-state index is -0.0867. The van der Waals surface area contributed by atoms with Gasteiger partial charge in [0.25, 0.3) is 5.91 Å². The van der Waals surface area contributed by atoms with Gasteiger partial charge in [-0.15, -0.1) is 0 Å². The van der Waals surface area contributed by atoms with Crippen LogP contribution in [0.25, 0.3) is 0 Å². The molecule has 24 heavy (non-hydrogen) atoms. The number of nitrogens with one attached hydrogen (secondary N) is 1. The number of carbonyl (C=O) groups excluding carboxylic acids is 1. The molecule has 6 heteroatoms. The van der Waals surface area contributed by atoms with Gasteiger partial charge >= 0.3 is 0 Å². The molecule has 126 valence electrons. The first-order valence-corrected chi connectivity index (χ1v) is 8.29. The number of hydrogen-bond acceptors (Lipinski definition) is 5. The molecule has 1 N–H and O–H groups in total. The predicted molar refractivity (Wildman–Crippen MR) is 94.2 cm³/mol. The summed E-state index contributed by atoms with van der Waals surface area (Å²) in [5, 5.41) is 2.93. The molecular weight excluding hydrogens is 302 g/mol. The summed E-state index contributed by atoms with van der Waals surface area (Å²) in [6.45, 7) is 4.61. The van der Waals surface area contributed by atoms with Crippen molar-refractivity contribution < 1.29 is 4.79 Å². The second-order valence-corrected chi connectivity index (χ2v) is 6.06. The first-order valence-electron chi connectivity index (χ1n) is 8.29. The summed E-state index contributed by atoms with van der Waals surface area (Å²) in [6.07, 6.45) is 5.99. The van der Waals surface area contributed by atoms with Gasteiger partial charge < -0.3 is 15.1 Å². The third kappa shape index (κ3) is 4.29. The Morgan fingerprint density at radius 3 is 2.67 bits per heavy atom. The summed E-state index contributed by atoms with van der Waals surface area (Å²) in [5.41, 5.74) is 1.71. The van der Waals surface area contributed by atoms with Crippen LogP contribution < -0.4 is 10.2 Å². The van der Waals surface area contributed by atoms with Gasteiger partial charge in [-0.25, -0.2) is 4.98 Å². The van der Waals surface area contributed by atoms with Crippen molar-refractivity contribution in [1.82, 2.24) is 20.2 Å². The van der Waals surface area contributed by atoms with Gasteiger partial charge in [-0.2, -0.15) is 0 Å². The van der Waals surface area contributed by atoms with Crippen LogP contribution in [0.4, 0.5) is 5.82 Å². The molecule has 3 heterocycles. The second kappa shape index (κ2) is 7.88. The summed E-state index contributed by atoms with van der Waals surface area (Å²) >= 11 is 0. The zero-order valence-electron chi connectivity index (χ0n) is 14.0. The summed E-state index contributed by atoms with van der Waals surface area (Å²) in [6, 6.07) is 7.69. The van der Waals surface area contributed by atoms with Crippen molar-refractivity contribution in [2.75, 3.05) is 44.7 Å². The van der Waals surface area contributed by atoms with E-state index in [4.69, 9.17) is 0 Å². The zero-order chi connectivity index (χ0) is 16.8. The van der Waals surface area contributed by atoms with Crippen molar-refractivity contribution in [3.63, 3.8) is 0 Å². The molecule has 0 unspecified atom stereocenters. The number of amides is 1. The van der Waals surface area contributed by atoms with Crippen molar-refractivity contribution >= 4 is 11.7 Å². The Bertz CT molecular complexity index is 651. The highest BCUT2D eigenvalue weighted by molar-refractivity contribution is 5.94. The number of piperazine rings is 1. The average Bonchev–Trinajstić information content (AvgIpc) is 2.63. The topological polar surface area (TPSA) is 61.4 Å². The van der Waals surface area contributed by atoms with Gasteiger partial charge in [0, 0.05) is 51.3 Å². The minimum Gasteiger partial charge on any atom is -0.354 e. The number of likely N-dealkylation sites (N-methyl/N-ethyl adjacent to an activating group) is 1. The van der Waals surface area contributed by atoms with Gasteiger partial charge in [-0.1, -0.05) is 6.07 Å². The zero-order valence-corrected chi connectivity index (χ0v) is 14.0. The van der Waals surface area contributed by atoms with Gasteiger partial charge in [0.2, 0.25) is 0 Å². The lowest BCUT2D eigenvalue weighted by atomic mass is 10.2. The fourth-order valence-corrected chi connectivity index (χ4v) is 2.71. The first kappa shape index (κ1) is 16.4. The van der Waals surface area contributed by atoms with Crippen LogP contribution in [0.3, 0.4) is 0 Å². The number of anilines is 1. The molecular formula is C18H23N5O. The van der Waals surface area contributed by atoms with Gasteiger partial charge in [-0.05, 0) is 37.2 Å². The Balaban J connectivity index is 1.50. The highest BCUT2D eigenvalue weighted by Crippen LogP contribution is 2.13. The third-order valence-corrected chi connectivity index (χ3v) is 4.26. The molecule has 3 rings (SSSR count). The quantitative estimate of drug-likeness (QED) is 0.895. The molecule has 0 aliphatic carbocycles.